The molecule has 1 heteroatoms. The minimum atomic E-state index is 1.10. The van der Waals surface area contributed by atoms with E-state index in [1.54, 1.807) is 0 Å². The summed E-state index contributed by atoms with van der Waals surface area (Å²) in [6, 6.07) is 86.3. The summed E-state index contributed by atoms with van der Waals surface area (Å²) in [5, 5.41) is 10.0. The molecule has 0 saturated carbocycles. The normalized spacial score (nSPS) is 11.4. The zero-order chi connectivity index (χ0) is 39.1. The van der Waals surface area contributed by atoms with Crippen molar-refractivity contribution in [3.63, 3.8) is 0 Å². The van der Waals surface area contributed by atoms with Gasteiger partial charge >= 0.3 is 0 Å². The molecule has 1 nitrogen and oxygen atoms in total. The molecule has 0 aliphatic heterocycles. The van der Waals surface area contributed by atoms with E-state index in [9.17, 15) is 0 Å². The zero-order valence-electron chi connectivity index (χ0n) is 32.5. The first kappa shape index (κ1) is 34.5. The molecule has 0 saturated heterocycles. The zero-order valence-corrected chi connectivity index (χ0v) is 32.5. The maximum absolute atomic E-state index is 2.38. The average molecular weight is 750 g/mol. The van der Waals surface area contributed by atoms with Gasteiger partial charge in [-0.25, -0.2) is 0 Å². The van der Waals surface area contributed by atoms with Gasteiger partial charge in [0.05, 0.1) is 0 Å². The summed E-state index contributed by atoms with van der Waals surface area (Å²) in [6.07, 6.45) is 0. The molecule has 11 aromatic rings. The fourth-order valence-electron chi connectivity index (χ4n) is 8.85. The maximum atomic E-state index is 2.38. The quantitative estimate of drug-likeness (QED) is 0.147. The van der Waals surface area contributed by atoms with Crippen molar-refractivity contribution in [2.45, 2.75) is 0 Å². The van der Waals surface area contributed by atoms with Crippen LogP contribution in [0.15, 0.2) is 237 Å². The molecular formula is C58H39N. The Morgan fingerprint density at radius 2 is 0.593 bits per heavy atom. The Morgan fingerprint density at radius 1 is 0.203 bits per heavy atom. The van der Waals surface area contributed by atoms with Gasteiger partial charge in [0.2, 0.25) is 0 Å². The van der Waals surface area contributed by atoms with Gasteiger partial charge in [0.1, 0.15) is 0 Å². The van der Waals surface area contributed by atoms with E-state index in [0.717, 1.165) is 17.1 Å². The highest BCUT2D eigenvalue weighted by molar-refractivity contribution is 6.10. The van der Waals surface area contributed by atoms with E-state index in [-0.39, 0.29) is 0 Å². The van der Waals surface area contributed by atoms with Crippen LogP contribution in [0.2, 0.25) is 0 Å². The third kappa shape index (κ3) is 6.40. The van der Waals surface area contributed by atoms with Gasteiger partial charge in [-0.05, 0) is 136 Å². The Morgan fingerprint density at radius 3 is 1.15 bits per heavy atom. The second-order valence-electron chi connectivity index (χ2n) is 15.3. The predicted molar refractivity (Wildman–Crippen MR) is 253 cm³/mol. The number of anilines is 3. The van der Waals surface area contributed by atoms with Crippen LogP contribution < -0.4 is 4.90 Å². The van der Waals surface area contributed by atoms with Gasteiger partial charge in [-0.15, -0.1) is 0 Å². The smallest absolute Gasteiger partial charge is 0.0467 e. The summed E-state index contributed by atoms with van der Waals surface area (Å²) < 4.78 is 0. The van der Waals surface area contributed by atoms with Crippen LogP contribution in [0.4, 0.5) is 17.1 Å². The highest BCUT2D eigenvalue weighted by Gasteiger charge is 2.16. The van der Waals surface area contributed by atoms with Gasteiger partial charge in [0.15, 0.2) is 0 Å². The van der Waals surface area contributed by atoms with Gasteiger partial charge < -0.3 is 4.90 Å². The highest BCUT2D eigenvalue weighted by Crippen LogP contribution is 2.41. The van der Waals surface area contributed by atoms with Crippen LogP contribution in [-0.4, -0.2) is 0 Å². The van der Waals surface area contributed by atoms with Gasteiger partial charge in [0, 0.05) is 17.1 Å². The van der Waals surface area contributed by atoms with E-state index in [1.165, 1.54) is 87.6 Å². The van der Waals surface area contributed by atoms with Crippen molar-refractivity contribution in [3.05, 3.63) is 237 Å². The van der Waals surface area contributed by atoms with Crippen molar-refractivity contribution < 1.29 is 0 Å². The largest absolute Gasteiger partial charge is 0.310 e. The van der Waals surface area contributed by atoms with Crippen LogP contribution in [0.25, 0.3) is 87.6 Å². The van der Waals surface area contributed by atoms with Gasteiger partial charge in [-0.2, -0.15) is 0 Å². The van der Waals surface area contributed by atoms with E-state index in [0.29, 0.717) is 0 Å². The average Bonchev–Trinajstić information content (AvgIpc) is 3.32. The molecule has 0 atom stereocenters. The predicted octanol–water partition coefficient (Wildman–Crippen LogP) is 16.4. The molecule has 0 heterocycles. The Hall–Kier alpha value is -7.74. The van der Waals surface area contributed by atoms with Crippen LogP contribution in [-0.2, 0) is 0 Å². The summed E-state index contributed by atoms with van der Waals surface area (Å²) in [4.78, 5) is 2.38. The molecule has 0 fully saturated rings. The van der Waals surface area contributed by atoms with Crippen LogP contribution >= 0.6 is 0 Å². The first-order valence-corrected chi connectivity index (χ1v) is 20.3. The van der Waals surface area contributed by atoms with E-state index in [2.05, 4.69) is 241 Å². The lowest BCUT2D eigenvalue weighted by Gasteiger charge is -2.26. The fourth-order valence-corrected chi connectivity index (χ4v) is 8.85. The molecule has 0 aliphatic rings. The summed E-state index contributed by atoms with van der Waals surface area (Å²) in [5.41, 5.74) is 13.0. The Labute approximate surface area is 344 Å². The molecule has 0 bridgehead atoms. The number of hydrogen-bond donors (Lipinski definition) is 0. The second-order valence-corrected chi connectivity index (χ2v) is 15.3. The molecule has 0 radical (unpaired) electrons. The fraction of sp³-hybridized carbons (Fsp3) is 0. The first-order valence-electron chi connectivity index (χ1n) is 20.3. The van der Waals surface area contributed by atoms with Gasteiger partial charge in [-0.3, -0.25) is 0 Å². The Balaban J connectivity index is 1.02. The molecule has 11 aromatic carbocycles. The Bertz CT molecular complexity index is 3170. The summed E-state index contributed by atoms with van der Waals surface area (Å²) in [7, 11) is 0. The molecule has 59 heavy (non-hydrogen) atoms. The molecule has 0 aliphatic carbocycles. The lowest BCUT2D eigenvalue weighted by Crippen LogP contribution is -2.10. The molecule has 0 unspecified atom stereocenters. The standard InChI is InChI=1S/C58H39N/c1-2-11-40(12-3-1)48-27-25-45-23-24-46-26-28-49(39-58(46)57(45)38-48)47-17-8-18-52(37-47)59(50-33-29-43(30-34-50)55-21-9-15-41-13-4-6-19-53(41)55)51-35-31-44(32-36-51)56-22-10-16-42-14-5-7-20-54(42)56/h1-39H. The number of hydrogen-bond acceptors (Lipinski definition) is 1. The lowest BCUT2D eigenvalue weighted by molar-refractivity contribution is 1.28. The number of fused-ring (bicyclic) bond motifs is 5. The van der Waals surface area contributed by atoms with Crippen molar-refractivity contribution in [2.75, 3.05) is 4.90 Å². The highest BCUT2D eigenvalue weighted by atomic mass is 15.1. The Kier molecular flexibility index (Phi) is 8.56. The van der Waals surface area contributed by atoms with Crippen molar-refractivity contribution in [1.29, 1.82) is 0 Å². The van der Waals surface area contributed by atoms with Gasteiger partial charge in [0.25, 0.3) is 0 Å². The number of benzene rings is 11. The molecule has 0 N–H and O–H groups in total. The van der Waals surface area contributed by atoms with E-state index >= 15 is 0 Å². The third-order valence-corrected chi connectivity index (χ3v) is 11.8. The van der Waals surface area contributed by atoms with Crippen LogP contribution in [0.5, 0.6) is 0 Å². The van der Waals surface area contributed by atoms with Crippen molar-refractivity contribution >= 4 is 60.2 Å². The summed E-state index contributed by atoms with van der Waals surface area (Å²) in [5.74, 6) is 0. The maximum Gasteiger partial charge on any atom is 0.0467 e. The van der Waals surface area contributed by atoms with Crippen LogP contribution in [0, 0.1) is 0 Å². The third-order valence-electron chi connectivity index (χ3n) is 11.8. The van der Waals surface area contributed by atoms with Gasteiger partial charge in [-0.1, -0.05) is 188 Å². The van der Waals surface area contributed by atoms with E-state index < -0.39 is 0 Å². The molecular weight excluding hydrogens is 711 g/mol. The van der Waals surface area contributed by atoms with Crippen LogP contribution in [0.1, 0.15) is 0 Å². The van der Waals surface area contributed by atoms with Crippen molar-refractivity contribution in [3.8, 4) is 44.5 Å². The second kappa shape index (κ2) is 14.6. The van der Waals surface area contributed by atoms with E-state index in [4.69, 9.17) is 0 Å². The minimum Gasteiger partial charge on any atom is -0.310 e. The summed E-state index contributed by atoms with van der Waals surface area (Å²) >= 11 is 0. The number of rotatable bonds is 7. The topological polar surface area (TPSA) is 3.24 Å². The molecule has 0 spiro atoms. The van der Waals surface area contributed by atoms with Crippen molar-refractivity contribution in [1.82, 2.24) is 0 Å². The van der Waals surface area contributed by atoms with Crippen molar-refractivity contribution in [2.24, 2.45) is 0 Å². The molecule has 276 valence electrons. The molecule has 0 aromatic heterocycles. The SMILES string of the molecule is c1ccc(-c2ccc3ccc4ccc(-c5cccc(N(c6ccc(-c7cccc8ccccc78)cc6)c6ccc(-c7cccc8ccccc78)cc6)c5)cc4c3c2)cc1. The minimum absolute atomic E-state index is 1.10. The molecule has 11 rings (SSSR count). The van der Waals surface area contributed by atoms with E-state index in [1.807, 2.05) is 0 Å². The summed E-state index contributed by atoms with van der Waals surface area (Å²) in [6.45, 7) is 0. The first-order chi connectivity index (χ1) is 29.2. The number of nitrogens with zero attached hydrogens (tertiary/aromatic N) is 1. The molecule has 0 amide bonds. The monoisotopic (exact) mass is 749 g/mol. The van der Waals surface area contributed by atoms with Crippen LogP contribution in [0.3, 0.4) is 0 Å². The lowest BCUT2D eigenvalue weighted by atomic mass is 9.94.